The van der Waals surface area contributed by atoms with Crippen molar-refractivity contribution in [3.05, 3.63) is 133 Å². The summed E-state index contributed by atoms with van der Waals surface area (Å²) in [5, 5.41) is 80.5. The van der Waals surface area contributed by atoms with Crippen molar-refractivity contribution in [3.8, 4) is 0 Å². The van der Waals surface area contributed by atoms with Gasteiger partial charge in [0, 0.05) is 70.9 Å². The van der Waals surface area contributed by atoms with Gasteiger partial charge in [0.15, 0.2) is 23.1 Å². The third-order valence-electron chi connectivity index (χ3n) is 26.3. The average molecular weight is 1940 g/mol. The van der Waals surface area contributed by atoms with E-state index in [4.69, 9.17) is 23.7 Å². The highest BCUT2D eigenvalue weighted by Crippen LogP contribution is 2.35. The molecule has 4 aromatic heterocycles. The first-order valence-electron chi connectivity index (χ1n) is 47.5. The Morgan fingerprint density at radius 3 is 0.888 bits per heavy atom. The lowest BCUT2D eigenvalue weighted by molar-refractivity contribution is -0.192. The molecule has 7 N–H and O–H groups in total. The number of aromatic nitrogens is 4. The Bertz CT molecular complexity index is 4490. The molecule has 0 bridgehead atoms. The Labute approximate surface area is 814 Å². The summed E-state index contributed by atoms with van der Waals surface area (Å²) in [6, 6.07) is 0. The predicted octanol–water partition coefficient (Wildman–Crippen LogP) is 20.1. The van der Waals surface area contributed by atoms with Crippen LogP contribution in [0.3, 0.4) is 0 Å². The maximum Gasteiger partial charge on any atom is 0.332 e. The quantitative estimate of drug-likeness (QED) is 0.0489. The van der Waals surface area contributed by atoms with Gasteiger partial charge >= 0.3 is 23.9 Å². The number of ether oxygens (including phenoxy) is 5. The summed E-state index contributed by atoms with van der Waals surface area (Å²) in [4.78, 5) is 121. The summed E-state index contributed by atoms with van der Waals surface area (Å²) in [6.45, 7) is 50.1. The first-order valence-corrected chi connectivity index (χ1v) is 51.0. The third-order valence-corrected chi connectivity index (χ3v) is 29.5. The SMILES string of the molecule is C/C1=C/CC(/C(C)=C/c2csc(C)n2)OC(=O)CN(O)C(C)(C)C(=O)C(C)C(O)C(C)CCC1.C/C1=C/CC(/C(C)=C/c2csc(C)n2)OC(=O)CN(O)C(C)(C)C(=O)C(C)C(O)C(C)CCC1.C/C1=C/CC(/C(C)=C/c2csc(C)n2)OC(=O)CNC(C)(C)C(=O)C(C)C(O)C(C)CCC1.C/C1=C/CC(/C(C)=C/c2csc(C)n2)OC(=O)COC(C)(C)C(=O)C(C)C(O)C(C)CCC1. The molecule has 8 rings (SSSR count). The Morgan fingerprint density at radius 2 is 0.627 bits per heavy atom. The lowest BCUT2D eigenvalue weighted by Crippen LogP contribution is -2.54. The van der Waals surface area contributed by atoms with Crippen LogP contribution in [0.25, 0.3) is 24.3 Å². The standard InChI is InChI=1S/2C26H40N2O5S.C26H40N2O4S.C26H39NO5S/c2*1-16-9-8-10-17(2)24(30)19(4)25(31)26(6,7)28(32)14-23(29)33-22(12-11-16)18(3)13-21-15-34-20(5)27-21;1-16-9-8-10-17(2)24(30)19(4)25(31)26(6,7)27-14-23(29)32-22(12-11-16)18(3)13-21-15-33-20(5)28-21;1-16-9-8-10-17(2)24(29)19(4)25(30)26(6,7)31-14-23(28)32-22(12-11-16)18(3)13-21-15-33-20(5)27-21/h2*11,13,15,17,19,22,24,30,32H,8-10,12,14H2,1-7H3;11,13,15,17,19,22,24,27,30H,8-10,12,14H2,1-7H3;11,13,15,17,19,22,24,29H,8-10,12,14H2,1-7H3/b4*16-11-,18-13+. The van der Waals surface area contributed by atoms with Crippen LogP contribution in [0.1, 0.15) is 312 Å². The van der Waals surface area contributed by atoms with Crippen molar-refractivity contribution in [3.63, 3.8) is 0 Å². The molecule has 16 atom stereocenters. The molecular formula is C104H159N7O19S4. The molecule has 26 nitrogen and oxygen atoms in total. The van der Waals surface area contributed by atoms with Gasteiger partial charge in [0.05, 0.1) is 90.4 Å². The monoisotopic (exact) mass is 1940 g/mol. The number of aliphatic hydroxyl groups excluding tert-OH is 4. The fourth-order valence-corrected chi connectivity index (χ4v) is 19.0. The molecule has 0 aromatic carbocycles. The van der Waals surface area contributed by atoms with Crippen LogP contribution in [0, 0.1) is 75.0 Å². The molecule has 0 radical (unpaired) electrons. The predicted molar refractivity (Wildman–Crippen MR) is 535 cm³/mol. The van der Waals surface area contributed by atoms with E-state index in [0.29, 0.717) is 25.7 Å². The van der Waals surface area contributed by atoms with Crippen LogP contribution in [0.5, 0.6) is 0 Å². The van der Waals surface area contributed by atoms with Gasteiger partial charge in [-0.05, 0) is 286 Å². The Hall–Kier alpha value is -7.40. The first kappa shape index (κ1) is 117. The van der Waals surface area contributed by atoms with Crippen LogP contribution >= 0.6 is 45.3 Å². The average Bonchev–Trinajstić information content (AvgIpc) is 1.28. The van der Waals surface area contributed by atoms with E-state index in [1.165, 1.54) is 22.3 Å². The molecule has 0 spiro atoms. The van der Waals surface area contributed by atoms with E-state index in [0.717, 1.165) is 152 Å². The third kappa shape index (κ3) is 37.7. The molecule has 8 heterocycles. The number of hydrogen-bond acceptors (Lipinski definition) is 30. The van der Waals surface area contributed by atoms with Gasteiger partial charge in [-0.1, -0.05) is 102 Å². The van der Waals surface area contributed by atoms with Crippen LogP contribution in [0.4, 0.5) is 0 Å². The van der Waals surface area contributed by atoms with E-state index in [1.807, 2.05) is 129 Å². The Kier molecular flexibility index (Phi) is 47.9. The first-order chi connectivity index (χ1) is 62.4. The topological polar surface area (TPSA) is 374 Å². The lowest BCUT2D eigenvalue weighted by Gasteiger charge is -2.36. The van der Waals surface area contributed by atoms with E-state index in [1.54, 1.807) is 128 Å². The maximum absolute atomic E-state index is 13.1. The number of Topliss-reactive ketones (excluding diaryl/α,β-unsaturated/α-hetero) is 4. The number of aliphatic hydroxyl groups is 4. The number of cyclic esters (lactones) is 4. The van der Waals surface area contributed by atoms with Crippen LogP contribution in [-0.2, 0) is 62.0 Å². The van der Waals surface area contributed by atoms with Crippen LogP contribution < -0.4 is 5.32 Å². The van der Waals surface area contributed by atoms with Crippen molar-refractivity contribution >= 4 is 117 Å². The van der Waals surface area contributed by atoms with E-state index >= 15 is 0 Å². The molecule has 30 heteroatoms. The number of ketones is 4. The maximum atomic E-state index is 13.1. The zero-order valence-electron chi connectivity index (χ0n) is 85.1. The van der Waals surface area contributed by atoms with Gasteiger partial charge in [-0.15, -0.1) is 45.3 Å². The minimum Gasteiger partial charge on any atom is -0.457 e. The summed E-state index contributed by atoms with van der Waals surface area (Å²) >= 11 is 6.27. The van der Waals surface area contributed by atoms with Crippen molar-refractivity contribution in [1.29, 1.82) is 0 Å². The molecule has 0 saturated carbocycles. The van der Waals surface area contributed by atoms with Gasteiger partial charge in [0.2, 0.25) is 0 Å². The summed E-state index contributed by atoms with van der Waals surface area (Å²) in [5.41, 5.74) is 6.83. The summed E-state index contributed by atoms with van der Waals surface area (Å²) in [6.07, 6.45) is 23.7. The highest BCUT2D eigenvalue weighted by Gasteiger charge is 2.45. The summed E-state index contributed by atoms with van der Waals surface area (Å²) in [5.74, 6) is -5.76. The summed E-state index contributed by atoms with van der Waals surface area (Å²) < 4.78 is 28.8. The number of nitrogens with zero attached hydrogens (tertiary/aromatic N) is 6. The molecule has 4 aliphatic rings. The second kappa shape index (κ2) is 54.8. The van der Waals surface area contributed by atoms with Gasteiger partial charge in [-0.25, -0.2) is 24.7 Å². The van der Waals surface area contributed by atoms with Gasteiger partial charge in [-0.2, -0.15) is 10.1 Å². The van der Waals surface area contributed by atoms with Crippen LogP contribution in [-0.4, -0.2) is 205 Å². The number of esters is 4. The molecule has 4 aliphatic heterocycles. The van der Waals surface area contributed by atoms with E-state index < -0.39 is 132 Å². The minimum atomic E-state index is -1.36. The highest BCUT2D eigenvalue weighted by atomic mass is 32.1. The van der Waals surface area contributed by atoms with Gasteiger partial charge in [-0.3, -0.25) is 38.9 Å². The number of hydrogen-bond donors (Lipinski definition) is 7. The van der Waals surface area contributed by atoms with Crippen LogP contribution in [0.2, 0.25) is 0 Å². The smallest absolute Gasteiger partial charge is 0.332 e. The highest BCUT2D eigenvalue weighted by molar-refractivity contribution is 7.10. The van der Waals surface area contributed by atoms with E-state index in [9.17, 15) is 69.2 Å². The van der Waals surface area contributed by atoms with Gasteiger partial charge in [0.1, 0.15) is 49.7 Å². The fourth-order valence-electron chi connectivity index (χ4n) is 16.7. The number of allylic oxidation sites excluding steroid dienone is 4. The fraction of sp³-hybridized carbons (Fsp3) is 0.654. The Balaban J connectivity index is 0.000000316. The number of carbonyl (C=O) groups excluding carboxylic acids is 8. The second-order valence-corrected chi connectivity index (χ2v) is 44.1. The van der Waals surface area contributed by atoms with Crippen molar-refractivity contribution < 1.29 is 92.9 Å². The number of rotatable bonds is 8. The van der Waals surface area contributed by atoms with Crippen molar-refractivity contribution in [1.82, 2.24) is 35.4 Å². The molecule has 4 aromatic rings. The number of aryl methyl sites for hydroxylation is 4. The molecule has 134 heavy (non-hydrogen) atoms. The zero-order chi connectivity index (χ0) is 101. The van der Waals surface area contributed by atoms with Gasteiger partial charge in [0.25, 0.3) is 0 Å². The molecule has 0 fully saturated rings. The molecule has 0 aliphatic carbocycles. The number of hydroxylamine groups is 4. The zero-order valence-corrected chi connectivity index (χ0v) is 88.4. The summed E-state index contributed by atoms with van der Waals surface area (Å²) in [7, 11) is 0. The lowest BCUT2D eigenvalue weighted by atomic mass is 9.81. The van der Waals surface area contributed by atoms with Crippen molar-refractivity contribution in [2.45, 2.75) is 368 Å². The number of nitrogens with one attached hydrogen (secondary N) is 1. The molecule has 0 amide bonds. The molecular weight excluding hydrogens is 1780 g/mol. The van der Waals surface area contributed by atoms with Gasteiger partial charge < -0.3 is 54.5 Å². The number of thiazole rings is 4. The normalized spacial score (nSPS) is 30.5. The second-order valence-electron chi connectivity index (χ2n) is 39.8. The molecule has 16 unspecified atom stereocenters. The van der Waals surface area contributed by atoms with Crippen molar-refractivity contribution in [2.24, 2.45) is 47.3 Å². The molecule has 748 valence electrons. The molecule has 0 saturated heterocycles. The van der Waals surface area contributed by atoms with E-state index in [2.05, 4.69) is 77.3 Å². The largest absolute Gasteiger partial charge is 0.457 e. The Morgan fingerprint density at radius 1 is 0.381 bits per heavy atom. The van der Waals surface area contributed by atoms with Crippen molar-refractivity contribution in [2.75, 3.05) is 26.2 Å². The minimum absolute atomic E-state index is 0.00934. The van der Waals surface area contributed by atoms with Crippen LogP contribution in [0.15, 0.2) is 90.4 Å². The number of carbonyl (C=O) groups is 8. The van der Waals surface area contributed by atoms with E-state index in [-0.39, 0.29) is 60.0 Å².